The van der Waals surface area contributed by atoms with Gasteiger partial charge < -0.3 is 14.7 Å². The SMILES string of the molecule is CN(C)c1ccc(N=Nc2ccc(C#N)cc2)cc1OCCO. The van der Waals surface area contributed by atoms with E-state index < -0.39 is 0 Å². The van der Waals surface area contributed by atoms with Crippen LogP contribution in [0.2, 0.25) is 0 Å². The van der Waals surface area contributed by atoms with Crippen LogP contribution >= 0.6 is 0 Å². The number of rotatable bonds is 6. The highest BCUT2D eigenvalue weighted by atomic mass is 16.5. The summed E-state index contributed by atoms with van der Waals surface area (Å²) < 4.78 is 5.54. The van der Waals surface area contributed by atoms with Gasteiger partial charge in [-0.1, -0.05) is 0 Å². The van der Waals surface area contributed by atoms with Gasteiger partial charge in [0.2, 0.25) is 0 Å². The van der Waals surface area contributed by atoms with Gasteiger partial charge in [0.05, 0.1) is 35.3 Å². The summed E-state index contributed by atoms with van der Waals surface area (Å²) in [6.07, 6.45) is 0. The number of benzene rings is 2. The minimum Gasteiger partial charge on any atom is -0.489 e. The second kappa shape index (κ2) is 7.92. The molecule has 0 aliphatic heterocycles. The smallest absolute Gasteiger partial charge is 0.144 e. The number of ether oxygens (including phenoxy) is 1. The third-order valence-corrected chi connectivity index (χ3v) is 3.05. The van der Waals surface area contributed by atoms with Gasteiger partial charge in [0.1, 0.15) is 12.4 Å². The van der Waals surface area contributed by atoms with Gasteiger partial charge in [-0.25, -0.2) is 0 Å². The van der Waals surface area contributed by atoms with Crippen molar-refractivity contribution in [3.05, 3.63) is 48.0 Å². The van der Waals surface area contributed by atoms with Gasteiger partial charge in [0, 0.05) is 20.2 Å². The van der Waals surface area contributed by atoms with Crippen LogP contribution in [0.15, 0.2) is 52.7 Å². The van der Waals surface area contributed by atoms with E-state index in [4.69, 9.17) is 15.1 Å². The summed E-state index contributed by atoms with van der Waals surface area (Å²) in [6.45, 7) is 0.168. The van der Waals surface area contributed by atoms with Crippen LogP contribution in [0.4, 0.5) is 17.1 Å². The summed E-state index contributed by atoms with van der Waals surface area (Å²) in [5, 5.41) is 26.0. The van der Waals surface area contributed by atoms with Crippen LogP contribution in [-0.2, 0) is 0 Å². The Bertz CT molecular complexity index is 718. The number of anilines is 1. The van der Waals surface area contributed by atoms with E-state index in [1.165, 1.54) is 0 Å². The van der Waals surface area contributed by atoms with Crippen LogP contribution in [0, 0.1) is 11.3 Å². The first-order valence-electron chi connectivity index (χ1n) is 7.11. The molecular formula is C17H18N4O2. The van der Waals surface area contributed by atoms with Crippen molar-refractivity contribution in [2.24, 2.45) is 10.2 Å². The summed E-state index contributed by atoms with van der Waals surface area (Å²) in [5.74, 6) is 0.639. The molecule has 0 bridgehead atoms. The van der Waals surface area contributed by atoms with Crippen molar-refractivity contribution in [2.45, 2.75) is 0 Å². The minimum absolute atomic E-state index is 0.0517. The minimum atomic E-state index is -0.0517. The monoisotopic (exact) mass is 310 g/mol. The van der Waals surface area contributed by atoms with E-state index in [0.717, 1.165) is 5.69 Å². The lowest BCUT2D eigenvalue weighted by molar-refractivity contribution is 0.202. The van der Waals surface area contributed by atoms with Crippen molar-refractivity contribution in [3.8, 4) is 11.8 Å². The first kappa shape index (κ1) is 16.5. The predicted molar refractivity (Wildman–Crippen MR) is 88.7 cm³/mol. The highest BCUT2D eigenvalue weighted by Crippen LogP contribution is 2.32. The zero-order valence-electron chi connectivity index (χ0n) is 13.1. The van der Waals surface area contributed by atoms with Crippen LogP contribution < -0.4 is 9.64 Å². The molecule has 0 fully saturated rings. The first-order valence-corrected chi connectivity index (χ1v) is 7.11. The molecule has 0 saturated heterocycles. The van der Waals surface area contributed by atoms with Crippen molar-refractivity contribution in [1.29, 1.82) is 5.26 Å². The molecule has 2 aromatic carbocycles. The maximum atomic E-state index is 8.92. The summed E-state index contributed by atoms with van der Waals surface area (Å²) in [6, 6.07) is 14.4. The van der Waals surface area contributed by atoms with E-state index >= 15 is 0 Å². The summed E-state index contributed by atoms with van der Waals surface area (Å²) in [5.41, 5.74) is 2.79. The van der Waals surface area contributed by atoms with Crippen molar-refractivity contribution in [2.75, 3.05) is 32.2 Å². The fraction of sp³-hybridized carbons (Fsp3) is 0.235. The molecular weight excluding hydrogens is 292 g/mol. The maximum Gasteiger partial charge on any atom is 0.144 e. The van der Waals surface area contributed by atoms with E-state index in [9.17, 15) is 0 Å². The van der Waals surface area contributed by atoms with E-state index in [2.05, 4.69) is 16.3 Å². The number of hydrogen-bond donors (Lipinski definition) is 1. The average Bonchev–Trinajstić information content (AvgIpc) is 2.58. The number of nitriles is 1. The van der Waals surface area contributed by atoms with Gasteiger partial charge in [-0.3, -0.25) is 0 Å². The molecule has 0 spiro atoms. The Morgan fingerprint density at radius 3 is 2.35 bits per heavy atom. The van der Waals surface area contributed by atoms with Gasteiger partial charge in [-0.05, 0) is 36.4 Å². The fourth-order valence-electron chi connectivity index (χ4n) is 1.92. The van der Waals surface area contributed by atoms with E-state index in [1.54, 1.807) is 30.3 Å². The van der Waals surface area contributed by atoms with Crippen LogP contribution in [0.25, 0.3) is 0 Å². The summed E-state index contributed by atoms with van der Waals surface area (Å²) in [4.78, 5) is 1.92. The molecule has 23 heavy (non-hydrogen) atoms. The highest BCUT2D eigenvalue weighted by Gasteiger charge is 2.07. The molecule has 0 amide bonds. The molecule has 0 atom stereocenters. The molecule has 0 heterocycles. The standard InChI is InChI=1S/C17H18N4O2/c1-21(2)16-8-7-15(11-17(16)23-10-9-22)20-19-14-5-3-13(12-18)4-6-14/h3-8,11,22H,9-10H2,1-2H3. The van der Waals surface area contributed by atoms with Crippen LogP contribution in [0.5, 0.6) is 5.75 Å². The summed E-state index contributed by atoms with van der Waals surface area (Å²) in [7, 11) is 3.83. The van der Waals surface area contributed by atoms with Gasteiger partial charge >= 0.3 is 0 Å². The van der Waals surface area contributed by atoms with Gasteiger partial charge in [-0.2, -0.15) is 15.5 Å². The Morgan fingerprint density at radius 1 is 1.09 bits per heavy atom. The first-order chi connectivity index (χ1) is 11.1. The Morgan fingerprint density at radius 2 is 1.74 bits per heavy atom. The lowest BCUT2D eigenvalue weighted by Crippen LogP contribution is -2.11. The summed E-state index contributed by atoms with van der Waals surface area (Å²) >= 11 is 0. The Labute approximate surface area is 135 Å². The lowest BCUT2D eigenvalue weighted by atomic mass is 10.2. The normalized spacial score (nSPS) is 10.5. The van der Waals surface area contributed by atoms with E-state index in [0.29, 0.717) is 22.7 Å². The van der Waals surface area contributed by atoms with Gasteiger partial charge in [0.15, 0.2) is 0 Å². The number of aliphatic hydroxyl groups is 1. The highest BCUT2D eigenvalue weighted by molar-refractivity contribution is 5.63. The second-order valence-electron chi connectivity index (χ2n) is 4.98. The third kappa shape index (κ3) is 4.53. The number of azo groups is 1. The predicted octanol–water partition coefficient (Wildman–Crippen LogP) is 3.41. The van der Waals surface area contributed by atoms with Crippen LogP contribution in [0.3, 0.4) is 0 Å². The van der Waals surface area contributed by atoms with Crippen molar-refractivity contribution in [1.82, 2.24) is 0 Å². The second-order valence-corrected chi connectivity index (χ2v) is 4.98. The molecule has 0 aliphatic carbocycles. The van der Waals surface area contributed by atoms with Gasteiger partial charge in [-0.15, -0.1) is 0 Å². The molecule has 118 valence electrons. The number of nitrogens with zero attached hydrogens (tertiary/aromatic N) is 4. The van der Waals surface area contributed by atoms with Crippen LogP contribution in [-0.4, -0.2) is 32.4 Å². The number of hydrogen-bond acceptors (Lipinski definition) is 6. The molecule has 0 radical (unpaired) electrons. The molecule has 2 aromatic rings. The van der Waals surface area contributed by atoms with Crippen molar-refractivity contribution < 1.29 is 9.84 Å². The zero-order chi connectivity index (χ0) is 16.7. The maximum absolute atomic E-state index is 8.92. The third-order valence-electron chi connectivity index (χ3n) is 3.05. The molecule has 6 nitrogen and oxygen atoms in total. The fourth-order valence-corrected chi connectivity index (χ4v) is 1.92. The lowest BCUT2D eigenvalue weighted by Gasteiger charge is -2.17. The Kier molecular flexibility index (Phi) is 5.67. The number of aliphatic hydroxyl groups excluding tert-OH is 1. The largest absolute Gasteiger partial charge is 0.489 e. The van der Waals surface area contributed by atoms with E-state index in [-0.39, 0.29) is 13.2 Å². The molecule has 0 unspecified atom stereocenters. The van der Waals surface area contributed by atoms with Crippen LogP contribution in [0.1, 0.15) is 5.56 Å². The van der Waals surface area contributed by atoms with Crippen molar-refractivity contribution in [3.63, 3.8) is 0 Å². The molecule has 0 aliphatic rings. The van der Waals surface area contributed by atoms with Gasteiger partial charge in [0.25, 0.3) is 0 Å². The van der Waals surface area contributed by atoms with Crippen molar-refractivity contribution >= 4 is 17.1 Å². The quantitative estimate of drug-likeness (QED) is 0.829. The molecule has 1 N–H and O–H groups in total. The average molecular weight is 310 g/mol. The zero-order valence-corrected chi connectivity index (χ0v) is 13.1. The molecule has 6 heteroatoms. The molecule has 0 saturated carbocycles. The van der Waals surface area contributed by atoms with E-state index in [1.807, 2.05) is 31.1 Å². The topological polar surface area (TPSA) is 81.2 Å². The Balaban J connectivity index is 2.21. The Hall–Kier alpha value is -2.91. The molecule has 2 rings (SSSR count). The molecule has 0 aromatic heterocycles.